The first kappa shape index (κ1) is 22.1. The maximum Gasteiger partial charge on any atom is 0.261 e. The van der Waals surface area contributed by atoms with Crippen molar-refractivity contribution in [1.29, 1.82) is 0 Å². The number of carbonyl (C=O) groups excluding carboxylic acids is 1. The molecular weight excluding hydrogens is 442 g/mol. The van der Waals surface area contributed by atoms with Gasteiger partial charge in [0.1, 0.15) is 22.8 Å². The standard InChI is InChI=1S/C24H21N3O5S/c1-29-16-7-4-14(5-8-16)23-26-19-12-15(6-11-20(19)32-23)25-24(33)27-22(28)18-10-9-17(30-2)13-21(18)31-3/h4-13H,1-3H3,(H2,25,27,28,33). The predicted molar refractivity (Wildman–Crippen MR) is 129 cm³/mol. The van der Waals surface area contributed by atoms with Crippen LogP contribution in [0.15, 0.2) is 65.1 Å². The summed E-state index contributed by atoms with van der Waals surface area (Å²) in [5, 5.41) is 5.78. The normalized spacial score (nSPS) is 10.5. The van der Waals surface area contributed by atoms with Crippen LogP contribution in [-0.4, -0.2) is 37.3 Å². The lowest BCUT2D eigenvalue weighted by atomic mass is 10.2. The van der Waals surface area contributed by atoms with E-state index in [1.807, 2.05) is 24.3 Å². The van der Waals surface area contributed by atoms with E-state index in [1.54, 1.807) is 50.6 Å². The van der Waals surface area contributed by atoms with E-state index in [2.05, 4.69) is 15.6 Å². The number of hydrogen-bond acceptors (Lipinski definition) is 7. The Hall–Kier alpha value is -4.11. The first-order chi connectivity index (χ1) is 16.0. The summed E-state index contributed by atoms with van der Waals surface area (Å²) in [6.07, 6.45) is 0. The quantitative estimate of drug-likeness (QED) is 0.399. The van der Waals surface area contributed by atoms with Crippen molar-refractivity contribution in [2.24, 2.45) is 0 Å². The Morgan fingerprint density at radius 3 is 2.33 bits per heavy atom. The minimum Gasteiger partial charge on any atom is -0.497 e. The Balaban J connectivity index is 1.47. The molecule has 168 valence electrons. The largest absolute Gasteiger partial charge is 0.497 e. The van der Waals surface area contributed by atoms with E-state index in [0.29, 0.717) is 39.7 Å². The second-order valence-corrected chi connectivity index (χ2v) is 7.31. The number of fused-ring (bicyclic) bond motifs is 1. The molecule has 0 atom stereocenters. The van der Waals surface area contributed by atoms with Crippen LogP contribution in [0, 0.1) is 0 Å². The molecule has 1 aromatic heterocycles. The van der Waals surface area contributed by atoms with E-state index in [9.17, 15) is 4.79 Å². The van der Waals surface area contributed by atoms with Gasteiger partial charge in [0, 0.05) is 17.3 Å². The first-order valence-electron chi connectivity index (χ1n) is 9.90. The number of benzene rings is 3. The average molecular weight is 464 g/mol. The molecule has 8 nitrogen and oxygen atoms in total. The number of methoxy groups -OCH3 is 3. The summed E-state index contributed by atoms with van der Waals surface area (Å²) >= 11 is 5.30. The van der Waals surface area contributed by atoms with Gasteiger partial charge in [-0.3, -0.25) is 10.1 Å². The van der Waals surface area contributed by atoms with Crippen molar-refractivity contribution in [3.05, 3.63) is 66.2 Å². The van der Waals surface area contributed by atoms with Gasteiger partial charge in [-0.2, -0.15) is 0 Å². The van der Waals surface area contributed by atoms with Gasteiger partial charge in [-0.1, -0.05) is 0 Å². The molecule has 33 heavy (non-hydrogen) atoms. The smallest absolute Gasteiger partial charge is 0.261 e. The molecule has 0 aliphatic rings. The third kappa shape index (κ3) is 4.88. The third-order valence-electron chi connectivity index (χ3n) is 4.86. The molecule has 3 aromatic carbocycles. The fourth-order valence-corrected chi connectivity index (χ4v) is 3.39. The number of ether oxygens (including phenoxy) is 3. The Kier molecular flexibility index (Phi) is 6.41. The van der Waals surface area contributed by atoms with E-state index in [0.717, 1.165) is 11.3 Å². The van der Waals surface area contributed by atoms with Gasteiger partial charge in [0.25, 0.3) is 5.91 Å². The molecule has 0 unspecified atom stereocenters. The van der Waals surface area contributed by atoms with Crippen LogP contribution >= 0.6 is 12.2 Å². The minimum absolute atomic E-state index is 0.135. The number of nitrogens with one attached hydrogen (secondary N) is 2. The summed E-state index contributed by atoms with van der Waals surface area (Å²) in [6, 6.07) is 17.7. The Morgan fingerprint density at radius 1 is 0.909 bits per heavy atom. The Morgan fingerprint density at radius 2 is 1.64 bits per heavy atom. The first-order valence-corrected chi connectivity index (χ1v) is 10.3. The molecule has 0 bridgehead atoms. The number of carbonyl (C=O) groups is 1. The molecule has 0 radical (unpaired) electrons. The molecule has 0 saturated heterocycles. The number of rotatable bonds is 6. The highest BCUT2D eigenvalue weighted by Gasteiger charge is 2.15. The van der Waals surface area contributed by atoms with Gasteiger partial charge in [0.05, 0.1) is 26.9 Å². The molecule has 1 amide bonds. The predicted octanol–water partition coefficient (Wildman–Crippen LogP) is 4.65. The van der Waals surface area contributed by atoms with E-state index in [-0.39, 0.29) is 5.11 Å². The van der Waals surface area contributed by atoms with Crippen molar-refractivity contribution in [2.45, 2.75) is 0 Å². The zero-order valence-electron chi connectivity index (χ0n) is 18.2. The number of amides is 1. The summed E-state index contributed by atoms with van der Waals surface area (Å²) in [4.78, 5) is 17.2. The number of anilines is 1. The molecule has 9 heteroatoms. The topological polar surface area (TPSA) is 94.9 Å². The average Bonchev–Trinajstić information content (AvgIpc) is 3.27. The summed E-state index contributed by atoms with van der Waals surface area (Å²) in [6.45, 7) is 0. The molecule has 0 saturated carbocycles. The maximum absolute atomic E-state index is 12.6. The van der Waals surface area contributed by atoms with Gasteiger partial charge in [-0.15, -0.1) is 0 Å². The van der Waals surface area contributed by atoms with Crippen molar-refractivity contribution in [3.8, 4) is 28.7 Å². The van der Waals surface area contributed by atoms with Crippen molar-refractivity contribution >= 4 is 40.0 Å². The number of aromatic nitrogens is 1. The van der Waals surface area contributed by atoms with Gasteiger partial charge in [-0.05, 0) is 66.8 Å². The number of hydrogen-bond donors (Lipinski definition) is 2. The van der Waals surface area contributed by atoms with Crippen LogP contribution in [0.25, 0.3) is 22.6 Å². The second kappa shape index (κ2) is 9.58. The number of nitrogens with zero attached hydrogens (tertiary/aromatic N) is 1. The van der Waals surface area contributed by atoms with Crippen LogP contribution in [0.4, 0.5) is 5.69 Å². The second-order valence-electron chi connectivity index (χ2n) is 6.90. The van der Waals surface area contributed by atoms with Crippen molar-refractivity contribution in [2.75, 3.05) is 26.6 Å². The fourth-order valence-electron chi connectivity index (χ4n) is 3.18. The highest BCUT2D eigenvalue weighted by molar-refractivity contribution is 7.80. The lowest BCUT2D eigenvalue weighted by Crippen LogP contribution is -2.34. The van der Waals surface area contributed by atoms with E-state index >= 15 is 0 Å². The highest BCUT2D eigenvalue weighted by atomic mass is 32.1. The maximum atomic E-state index is 12.6. The van der Waals surface area contributed by atoms with Crippen LogP contribution in [0.1, 0.15) is 10.4 Å². The van der Waals surface area contributed by atoms with Gasteiger partial charge in [0.2, 0.25) is 5.89 Å². The van der Waals surface area contributed by atoms with Gasteiger partial charge in [-0.25, -0.2) is 4.98 Å². The van der Waals surface area contributed by atoms with Gasteiger partial charge in [0.15, 0.2) is 10.7 Å². The molecule has 0 fully saturated rings. The lowest BCUT2D eigenvalue weighted by molar-refractivity contribution is 0.0974. The van der Waals surface area contributed by atoms with Crippen molar-refractivity contribution in [3.63, 3.8) is 0 Å². The van der Waals surface area contributed by atoms with Crippen LogP contribution < -0.4 is 24.8 Å². The molecule has 0 aliphatic carbocycles. The minimum atomic E-state index is -0.406. The molecule has 1 heterocycles. The lowest BCUT2D eigenvalue weighted by Gasteiger charge is -2.12. The SMILES string of the molecule is COc1ccc(-c2nc3cc(NC(=S)NC(=O)c4ccc(OC)cc4OC)ccc3o2)cc1. The molecule has 2 N–H and O–H groups in total. The van der Waals surface area contributed by atoms with E-state index < -0.39 is 5.91 Å². The van der Waals surface area contributed by atoms with Crippen molar-refractivity contribution in [1.82, 2.24) is 10.3 Å². The highest BCUT2D eigenvalue weighted by Crippen LogP contribution is 2.28. The molecule has 4 aromatic rings. The molecule has 4 rings (SSSR count). The monoisotopic (exact) mass is 463 g/mol. The molecule has 0 spiro atoms. The van der Waals surface area contributed by atoms with Crippen LogP contribution in [0.5, 0.6) is 17.2 Å². The number of oxazole rings is 1. The van der Waals surface area contributed by atoms with Gasteiger partial charge >= 0.3 is 0 Å². The molecular formula is C24H21N3O5S. The summed E-state index contributed by atoms with van der Waals surface area (Å²) in [5.74, 6) is 1.80. The summed E-state index contributed by atoms with van der Waals surface area (Å²) < 4.78 is 21.5. The van der Waals surface area contributed by atoms with Crippen LogP contribution in [-0.2, 0) is 0 Å². The summed E-state index contributed by atoms with van der Waals surface area (Å²) in [5.41, 5.74) is 3.10. The molecule has 0 aliphatic heterocycles. The zero-order valence-corrected chi connectivity index (χ0v) is 19.0. The number of thiocarbonyl (C=S) groups is 1. The fraction of sp³-hybridized carbons (Fsp3) is 0.125. The summed E-state index contributed by atoms with van der Waals surface area (Å²) in [7, 11) is 4.64. The Labute approximate surface area is 195 Å². The van der Waals surface area contributed by atoms with Gasteiger partial charge < -0.3 is 23.9 Å². The third-order valence-corrected chi connectivity index (χ3v) is 5.07. The zero-order chi connectivity index (χ0) is 23.4. The van der Waals surface area contributed by atoms with E-state index in [4.69, 9.17) is 30.8 Å². The Bertz CT molecular complexity index is 1320. The van der Waals surface area contributed by atoms with Crippen LogP contribution in [0.2, 0.25) is 0 Å². The van der Waals surface area contributed by atoms with E-state index in [1.165, 1.54) is 7.11 Å². The van der Waals surface area contributed by atoms with Crippen molar-refractivity contribution < 1.29 is 23.4 Å². The van der Waals surface area contributed by atoms with Crippen LogP contribution in [0.3, 0.4) is 0 Å².